The number of rotatable bonds is 6. The van der Waals surface area contributed by atoms with Gasteiger partial charge in [-0.1, -0.05) is 46.2 Å². The number of halogens is 2. The van der Waals surface area contributed by atoms with Crippen molar-refractivity contribution in [1.29, 1.82) is 0 Å². The molecule has 0 atom stereocenters. The van der Waals surface area contributed by atoms with Gasteiger partial charge in [-0.25, -0.2) is 13.1 Å². The standard InChI is InChI=1S/C16H16Cl2N4O3S2/c17-11-6-7-12(13(18)8-11)14(23)20-15-21-22-16(26-15)27(24,25)19-9-10-4-2-1-3-5-10/h4,6-8,19H,1-3,5,9H2,(H,20,21,23). The number of aromatic nitrogens is 2. The van der Waals surface area contributed by atoms with Crippen molar-refractivity contribution in [2.24, 2.45) is 0 Å². The molecule has 1 heterocycles. The van der Waals surface area contributed by atoms with Crippen molar-refractivity contribution in [2.45, 2.75) is 30.0 Å². The van der Waals surface area contributed by atoms with Gasteiger partial charge in [0.1, 0.15) is 0 Å². The van der Waals surface area contributed by atoms with Crippen LogP contribution in [0.25, 0.3) is 0 Å². The van der Waals surface area contributed by atoms with E-state index in [0.29, 0.717) is 5.02 Å². The lowest BCUT2D eigenvalue weighted by molar-refractivity contribution is 0.102. The number of nitrogens with one attached hydrogen (secondary N) is 2. The summed E-state index contributed by atoms with van der Waals surface area (Å²) in [4.78, 5) is 12.3. The Morgan fingerprint density at radius 3 is 2.74 bits per heavy atom. The molecule has 27 heavy (non-hydrogen) atoms. The minimum atomic E-state index is -3.79. The molecule has 1 aliphatic carbocycles. The highest BCUT2D eigenvalue weighted by molar-refractivity contribution is 7.91. The highest BCUT2D eigenvalue weighted by Crippen LogP contribution is 2.24. The van der Waals surface area contributed by atoms with Gasteiger partial charge in [-0.2, -0.15) is 0 Å². The highest BCUT2D eigenvalue weighted by Gasteiger charge is 2.22. The van der Waals surface area contributed by atoms with E-state index in [9.17, 15) is 13.2 Å². The predicted molar refractivity (Wildman–Crippen MR) is 106 cm³/mol. The fraction of sp³-hybridized carbons (Fsp3) is 0.312. The molecule has 0 bridgehead atoms. The van der Waals surface area contributed by atoms with E-state index in [4.69, 9.17) is 23.2 Å². The molecule has 0 saturated carbocycles. The van der Waals surface area contributed by atoms with Crippen molar-refractivity contribution >= 4 is 55.6 Å². The van der Waals surface area contributed by atoms with E-state index >= 15 is 0 Å². The lowest BCUT2D eigenvalue weighted by Gasteiger charge is -2.12. The Bertz CT molecular complexity index is 989. The maximum absolute atomic E-state index is 12.4. The minimum Gasteiger partial charge on any atom is -0.296 e. The average molecular weight is 447 g/mol. The molecule has 2 aromatic rings. The van der Waals surface area contributed by atoms with Crippen LogP contribution in [0.3, 0.4) is 0 Å². The first-order valence-corrected chi connectivity index (χ1v) is 11.2. The number of anilines is 1. The number of hydrogen-bond acceptors (Lipinski definition) is 6. The van der Waals surface area contributed by atoms with Gasteiger partial charge in [-0.15, -0.1) is 10.2 Å². The zero-order chi connectivity index (χ0) is 19.4. The van der Waals surface area contributed by atoms with Crippen LogP contribution in [-0.2, 0) is 10.0 Å². The monoisotopic (exact) mass is 446 g/mol. The summed E-state index contributed by atoms with van der Waals surface area (Å²) in [5.74, 6) is -0.530. The topological polar surface area (TPSA) is 101 Å². The number of nitrogens with zero attached hydrogens (tertiary/aromatic N) is 2. The molecule has 0 radical (unpaired) electrons. The summed E-state index contributed by atoms with van der Waals surface area (Å²) in [5.41, 5.74) is 1.27. The Morgan fingerprint density at radius 1 is 1.22 bits per heavy atom. The van der Waals surface area contributed by atoms with Crippen molar-refractivity contribution in [1.82, 2.24) is 14.9 Å². The average Bonchev–Trinajstić information content (AvgIpc) is 3.10. The molecule has 1 aliphatic rings. The van der Waals surface area contributed by atoms with Crippen LogP contribution in [0.1, 0.15) is 36.0 Å². The number of allylic oxidation sites excluding steroid dienone is 1. The quantitative estimate of drug-likeness (QED) is 0.517. The first-order chi connectivity index (χ1) is 12.8. The number of carbonyl (C=O) groups excluding carboxylic acids is 1. The zero-order valence-electron chi connectivity index (χ0n) is 14.0. The van der Waals surface area contributed by atoms with E-state index in [-0.39, 0.29) is 26.6 Å². The summed E-state index contributed by atoms with van der Waals surface area (Å²) in [7, 11) is -3.79. The van der Waals surface area contributed by atoms with Gasteiger partial charge in [0, 0.05) is 11.6 Å². The van der Waals surface area contributed by atoms with Gasteiger partial charge in [0.05, 0.1) is 10.6 Å². The fourth-order valence-electron chi connectivity index (χ4n) is 2.52. The van der Waals surface area contributed by atoms with Crippen LogP contribution in [-0.4, -0.2) is 31.1 Å². The summed E-state index contributed by atoms with van der Waals surface area (Å²) in [6.07, 6.45) is 6.12. The molecule has 0 saturated heterocycles. The SMILES string of the molecule is O=C(Nc1nnc(S(=O)(=O)NCC2=CCCCC2)s1)c1ccc(Cl)cc1Cl. The lowest BCUT2D eigenvalue weighted by Crippen LogP contribution is -2.26. The van der Waals surface area contributed by atoms with Crippen molar-refractivity contribution < 1.29 is 13.2 Å². The Balaban J connectivity index is 1.66. The Hall–Kier alpha value is -1.52. The Kier molecular flexibility index (Phi) is 6.48. The van der Waals surface area contributed by atoms with Crippen molar-refractivity contribution in [3.8, 4) is 0 Å². The second kappa shape index (κ2) is 8.66. The number of hydrogen-bond donors (Lipinski definition) is 2. The van der Waals surface area contributed by atoms with Gasteiger partial charge in [-0.05, 0) is 43.9 Å². The van der Waals surface area contributed by atoms with Crippen molar-refractivity contribution in [2.75, 3.05) is 11.9 Å². The van der Waals surface area contributed by atoms with E-state index in [1.54, 1.807) is 0 Å². The van der Waals surface area contributed by atoms with Crippen LogP contribution < -0.4 is 10.0 Å². The van der Waals surface area contributed by atoms with Gasteiger partial charge < -0.3 is 0 Å². The molecule has 1 aromatic heterocycles. The predicted octanol–water partition coefficient (Wildman–Crippen LogP) is 3.88. The van der Waals surface area contributed by atoms with Gasteiger partial charge >= 0.3 is 0 Å². The third kappa shape index (κ3) is 5.26. The molecular formula is C16H16Cl2N4O3S2. The van der Waals surface area contributed by atoms with Gasteiger partial charge in [0.2, 0.25) is 9.47 Å². The van der Waals surface area contributed by atoms with E-state index in [2.05, 4.69) is 26.3 Å². The second-order valence-corrected chi connectivity index (χ2v) is 9.65. The molecule has 0 unspecified atom stereocenters. The van der Waals surface area contributed by atoms with Crippen LogP contribution in [0.4, 0.5) is 5.13 Å². The van der Waals surface area contributed by atoms with Gasteiger partial charge in [-0.3, -0.25) is 10.1 Å². The van der Waals surface area contributed by atoms with E-state index in [0.717, 1.165) is 42.6 Å². The summed E-state index contributed by atoms with van der Waals surface area (Å²) in [6.45, 7) is 0.254. The lowest BCUT2D eigenvalue weighted by atomic mass is 10.0. The van der Waals surface area contributed by atoms with E-state index in [1.807, 2.05) is 0 Å². The van der Waals surface area contributed by atoms with Gasteiger partial charge in [0.25, 0.3) is 15.9 Å². The number of benzene rings is 1. The fourth-order valence-corrected chi connectivity index (χ4v) is 4.99. The largest absolute Gasteiger partial charge is 0.296 e. The first kappa shape index (κ1) is 20.2. The smallest absolute Gasteiger partial charge is 0.270 e. The molecule has 144 valence electrons. The number of carbonyl (C=O) groups is 1. The molecule has 0 aliphatic heterocycles. The van der Waals surface area contributed by atoms with Crippen molar-refractivity contribution in [3.05, 3.63) is 45.5 Å². The van der Waals surface area contributed by atoms with E-state index in [1.165, 1.54) is 18.2 Å². The zero-order valence-corrected chi connectivity index (χ0v) is 17.2. The summed E-state index contributed by atoms with van der Waals surface area (Å²) < 4.78 is 27.0. The van der Waals surface area contributed by atoms with Crippen LogP contribution >= 0.6 is 34.5 Å². The van der Waals surface area contributed by atoms with Gasteiger partial charge in [0.15, 0.2) is 0 Å². The highest BCUT2D eigenvalue weighted by atomic mass is 35.5. The van der Waals surface area contributed by atoms with Crippen LogP contribution in [0.15, 0.2) is 34.2 Å². The molecule has 2 N–H and O–H groups in total. The van der Waals surface area contributed by atoms with Crippen LogP contribution in [0, 0.1) is 0 Å². The molecule has 3 rings (SSSR count). The molecule has 7 nitrogen and oxygen atoms in total. The summed E-state index contributed by atoms with van der Waals surface area (Å²) >= 11 is 12.6. The Morgan fingerprint density at radius 2 is 2.04 bits per heavy atom. The second-order valence-electron chi connectivity index (χ2n) is 5.88. The third-order valence-corrected chi connectivity index (χ3v) is 7.06. The normalized spacial score (nSPS) is 14.7. The van der Waals surface area contributed by atoms with Crippen molar-refractivity contribution in [3.63, 3.8) is 0 Å². The summed E-state index contributed by atoms with van der Waals surface area (Å²) in [6, 6.07) is 4.44. The summed E-state index contributed by atoms with van der Waals surface area (Å²) in [5, 5.41) is 10.5. The molecule has 11 heteroatoms. The minimum absolute atomic E-state index is 0.0586. The Labute approximate surface area is 170 Å². The van der Waals surface area contributed by atoms with E-state index < -0.39 is 15.9 Å². The molecule has 0 fully saturated rings. The third-order valence-electron chi connectivity index (χ3n) is 3.91. The number of amides is 1. The number of sulfonamides is 1. The molecule has 1 aromatic carbocycles. The maximum atomic E-state index is 12.4. The van der Waals surface area contributed by atoms with Crippen LogP contribution in [0.2, 0.25) is 10.0 Å². The first-order valence-electron chi connectivity index (χ1n) is 8.12. The van der Waals surface area contributed by atoms with Crippen LogP contribution in [0.5, 0.6) is 0 Å². The maximum Gasteiger partial charge on any atom is 0.270 e. The molecule has 1 amide bonds. The molecular weight excluding hydrogens is 431 g/mol. The molecule has 0 spiro atoms.